The van der Waals surface area contributed by atoms with E-state index in [1.807, 2.05) is 18.2 Å². The van der Waals surface area contributed by atoms with Crippen LogP contribution < -0.4 is 9.78 Å². The van der Waals surface area contributed by atoms with Crippen molar-refractivity contribution in [1.29, 1.82) is 0 Å². The van der Waals surface area contributed by atoms with Crippen molar-refractivity contribution in [2.75, 3.05) is 6.54 Å². The zero-order valence-corrected chi connectivity index (χ0v) is 9.83. The third-order valence-electron chi connectivity index (χ3n) is 2.45. The summed E-state index contributed by atoms with van der Waals surface area (Å²) in [5, 5.41) is 2.91. The molecule has 2 rings (SSSR count). The third kappa shape index (κ3) is 1.84. The van der Waals surface area contributed by atoms with Gasteiger partial charge in [0.05, 0.1) is 0 Å². The van der Waals surface area contributed by atoms with E-state index in [1.54, 1.807) is 0 Å². The summed E-state index contributed by atoms with van der Waals surface area (Å²) in [5.41, 5.74) is 0. The number of benzene rings is 1. The van der Waals surface area contributed by atoms with Crippen molar-refractivity contribution in [2.24, 2.45) is 0 Å². The minimum atomic E-state index is -0.131. The molecule has 3 heteroatoms. The molecule has 1 aliphatic heterocycles. The zero-order valence-electron chi connectivity index (χ0n) is 8.12. The first kappa shape index (κ1) is 9.75. The van der Waals surface area contributed by atoms with Crippen LogP contribution in [0.3, 0.4) is 0 Å². The van der Waals surface area contributed by atoms with Gasteiger partial charge < -0.3 is 0 Å². The molecule has 1 amide bonds. The normalized spacial score (nSPS) is 26.2. The van der Waals surface area contributed by atoms with E-state index in [0.29, 0.717) is 0 Å². The Hall–Kier alpha value is -0.791. The maximum absolute atomic E-state index is 11.6. The Labute approximate surface area is 90.2 Å². The van der Waals surface area contributed by atoms with E-state index < -0.39 is 0 Å². The molecule has 1 aromatic carbocycles. The van der Waals surface area contributed by atoms with Crippen molar-refractivity contribution >= 4 is 25.3 Å². The molecule has 1 fully saturated rings. The summed E-state index contributed by atoms with van der Waals surface area (Å²) >= 11 is 0.245. The Balaban J connectivity index is 2.14. The van der Waals surface area contributed by atoms with Gasteiger partial charge in [0, 0.05) is 0 Å². The molecule has 1 saturated heterocycles. The van der Waals surface area contributed by atoms with Crippen LogP contribution in [-0.4, -0.2) is 27.4 Å². The number of nitrogens with one attached hydrogen (secondary N) is 1. The summed E-state index contributed by atoms with van der Waals surface area (Å²) in [7, 11) is 0. The molecule has 0 radical (unpaired) electrons. The molecule has 14 heavy (non-hydrogen) atoms. The van der Waals surface area contributed by atoms with Crippen LogP contribution in [0, 0.1) is 0 Å². The van der Waals surface area contributed by atoms with E-state index in [0.717, 1.165) is 13.0 Å². The molecule has 0 spiro atoms. The molecule has 1 N–H and O–H groups in total. The van der Waals surface area contributed by atoms with Gasteiger partial charge in [0.2, 0.25) is 0 Å². The zero-order chi connectivity index (χ0) is 10.0. The van der Waals surface area contributed by atoms with Gasteiger partial charge in [-0.25, -0.2) is 0 Å². The summed E-state index contributed by atoms with van der Waals surface area (Å²) in [6, 6.07) is 10.3. The Kier molecular flexibility index (Phi) is 2.62. The summed E-state index contributed by atoms with van der Waals surface area (Å²) < 4.78 is 1.17. The Morgan fingerprint density at radius 3 is 2.64 bits per heavy atom. The minimum absolute atomic E-state index is 0.131. The molecule has 0 aliphatic carbocycles. The van der Waals surface area contributed by atoms with Gasteiger partial charge in [0.1, 0.15) is 0 Å². The van der Waals surface area contributed by atoms with E-state index in [9.17, 15) is 4.79 Å². The molecule has 74 valence electrons. The van der Waals surface area contributed by atoms with E-state index in [4.69, 9.17) is 0 Å². The Morgan fingerprint density at radius 1 is 1.36 bits per heavy atom. The molecule has 0 aromatic heterocycles. The van der Waals surface area contributed by atoms with Gasteiger partial charge in [-0.2, -0.15) is 0 Å². The number of hydrogen-bond acceptors (Lipinski definition) is 1. The van der Waals surface area contributed by atoms with Gasteiger partial charge in [-0.15, -0.1) is 0 Å². The Bertz CT molecular complexity index is 338. The number of hydrogen-bond donors (Lipinski definition) is 1. The van der Waals surface area contributed by atoms with Gasteiger partial charge in [-0.3, -0.25) is 0 Å². The van der Waals surface area contributed by atoms with Crippen molar-refractivity contribution in [3.05, 3.63) is 30.3 Å². The average molecular weight is 254 g/mol. The second kappa shape index (κ2) is 3.76. The number of amides is 1. The molecular formula is C11H13NOSe. The van der Waals surface area contributed by atoms with Crippen molar-refractivity contribution < 1.29 is 4.79 Å². The molecule has 1 aromatic rings. The molecule has 0 bridgehead atoms. The fraction of sp³-hybridized carbons (Fsp3) is 0.364. The second-order valence-electron chi connectivity index (χ2n) is 3.65. The second-order valence-corrected chi connectivity index (χ2v) is 6.96. The van der Waals surface area contributed by atoms with E-state index >= 15 is 0 Å². The summed E-state index contributed by atoms with van der Waals surface area (Å²) in [5.74, 6) is 0.223. The predicted molar refractivity (Wildman–Crippen MR) is 57.8 cm³/mol. The van der Waals surface area contributed by atoms with E-state index in [1.165, 1.54) is 4.46 Å². The predicted octanol–water partition coefficient (Wildman–Crippen LogP) is 0.715. The van der Waals surface area contributed by atoms with Crippen molar-refractivity contribution in [1.82, 2.24) is 5.32 Å². The van der Waals surface area contributed by atoms with Crippen LogP contribution in [0.2, 0.25) is 4.31 Å². The van der Waals surface area contributed by atoms with Crippen LogP contribution >= 0.6 is 0 Å². The number of carbonyl (C=O) groups is 1. The van der Waals surface area contributed by atoms with Gasteiger partial charge in [-0.1, -0.05) is 0 Å². The monoisotopic (exact) mass is 255 g/mol. The van der Waals surface area contributed by atoms with Crippen molar-refractivity contribution in [3.8, 4) is 0 Å². The fourth-order valence-corrected chi connectivity index (χ4v) is 4.04. The fourth-order valence-electron chi connectivity index (χ4n) is 1.56. The Morgan fingerprint density at radius 2 is 2.07 bits per heavy atom. The third-order valence-corrected chi connectivity index (χ3v) is 5.28. The van der Waals surface area contributed by atoms with Crippen molar-refractivity contribution in [3.63, 3.8) is 0 Å². The molecule has 1 unspecified atom stereocenters. The molecule has 1 atom stereocenters. The first-order valence-corrected chi connectivity index (χ1v) is 6.44. The summed E-state index contributed by atoms with van der Waals surface area (Å²) in [6.45, 7) is 2.91. The quantitative estimate of drug-likeness (QED) is 0.774. The molecule has 1 aliphatic rings. The van der Waals surface area contributed by atoms with Crippen LogP contribution in [0.25, 0.3) is 0 Å². The van der Waals surface area contributed by atoms with Crippen LogP contribution in [0.15, 0.2) is 30.3 Å². The van der Waals surface area contributed by atoms with Crippen LogP contribution in [-0.2, 0) is 4.79 Å². The van der Waals surface area contributed by atoms with Crippen molar-refractivity contribution in [2.45, 2.75) is 17.7 Å². The first-order valence-electron chi connectivity index (χ1n) is 4.73. The van der Waals surface area contributed by atoms with Gasteiger partial charge >= 0.3 is 90.0 Å². The van der Waals surface area contributed by atoms with Crippen LogP contribution in [0.5, 0.6) is 0 Å². The molecule has 0 saturated carbocycles. The van der Waals surface area contributed by atoms with Gasteiger partial charge in [0.15, 0.2) is 0 Å². The summed E-state index contributed by atoms with van der Waals surface area (Å²) in [6.07, 6.45) is 0.973. The summed E-state index contributed by atoms with van der Waals surface area (Å²) in [4.78, 5) is 11.6. The number of rotatable bonds is 2. The number of carbonyl (C=O) groups excluding carboxylic acids is 1. The molecule has 2 nitrogen and oxygen atoms in total. The van der Waals surface area contributed by atoms with E-state index in [2.05, 4.69) is 24.4 Å². The van der Waals surface area contributed by atoms with Crippen LogP contribution in [0.1, 0.15) is 13.3 Å². The van der Waals surface area contributed by atoms with E-state index in [-0.39, 0.29) is 25.2 Å². The van der Waals surface area contributed by atoms with Crippen LogP contribution in [0.4, 0.5) is 0 Å². The SMILES string of the molecule is CC1([Se]c2ccccc2)CCNC1=O. The van der Waals surface area contributed by atoms with Gasteiger partial charge in [0.25, 0.3) is 0 Å². The molecule has 1 heterocycles. The standard InChI is InChI=1S/C11H13NOSe/c1-11(7-8-12-10(11)13)14-9-5-3-2-4-6-9/h2-6H,7-8H2,1H3,(H,12,13). The average Bonchev–Trinajstić information content (AvgIpc) is 2.48. The first-order chi connectivity index (χ1) is 6.71. The molecular weight excluding hydrogens is 241 g/mol. The van der Waals surface area contributed by atoms with Gasteiger partial charge in [-0.05, 0) is 0 Å². The topological polar surface area (TPSA) is 29.1 Å². The maximum atomic E-state index is 11.6.